The molecule has 1 saturated heterocycles. The van der Waals surface area contributed by atoms with E-state index in [1.807, 2.05) is 23.6 Å². The van der Waals surface area contributed by atoms with Gasteiger partial charge in [0.05, 0.1) is 11.2 Å². The van der Waals surface area contributed by atoms with Crippen LogP contribution in [0.3, 0.4) is 0 Å². The lowest BCUT2D eigenvalue weighted by molar-refractivity contribution is -0.133. The molecule has 1 saturated carbocycles. The number of carboxylic acids is 1. The number of fused-ring (bicyclic) bond motifs is 1. The molecule has 0 radical (unpaired) electrons. The summed E-state index contributed by atoms with van der Waals surface area (Å²) in [6.45, 7) is 5.45. The van der Waals surface area contributed by atoms with E-state index >= 15 is 4.39 Å². The Morgan fingerprint density at radius 1 is 1.23 bits per heavy atom. The van der Waals surface area contributed by atoms with Crippen LogP contribution in [0.15, 0.2) is 23.1 Å². The van der Waals surface area contributed by atoms with Gasteiger partial charge in [-0.3, -0.25) is 9.59 Å². The predicted molar refractivity (Wildman–Crippen MR) is 112 cm³/mol. The van der Waals surface area contributed by atoms with Crippen molar-refractivity contribution >= 4 is 28.5 Å². The van der Waals surface area contributed by atoms with Crippen molar-refractivity contribution < 1.29 is 19.1 Å². The van der Waals surface area contributed by atoms with E-state index in [0.717, 1.165) is 25.3 Å². The van der Waals surface area contributed by atoms with Crippen LogP contribution in [0.4, 0.5) is 10.1 Å². The van der Waals surface area contributed by atoms with Gasteiger partial charge in [0, 0.05) is 49.7 Å². The highest BCUT2D eigenvalue weighted by Crippen LogP contribution is 2.38. The van der Waals surface area contributed by atoms with E-state index in [0.29, 0.717) is 37.3 Å². The van der Waals surface area contributed by atoms with Gasteiger partial charge in [-0.1, -0.05) is 6.92 Å². The van der Waals surface area contributed by atoms with Gasteiger partial charge in [-0.15, -0.1) is 0 Å². The molecule has 2 aliphatic rings. The molecule has 1 aromatic heterocycles. The van der Waals surface area contributed by atoms with Crippen molar-refractivity contribution in [3.63, 3.8) is 0 Å². The molecule has 4 rings (SSSR count). The number of hydrogen-bond acceptors (Lipinski definition) is 4. The van der Waals surface area contributed by atoms with Gasteiger partial charge in [0.2, 0.25) is 11.3 Å². The van der Waals surface area contributed by atoms with E-state index in [1.54, 1.807) is 10.6 Å². The normalized spacial score (nSPS) is 19.4. The van der Waals surface area contributed by atoms with Crippen molar-refractivity contribution in [1.29, 1.82) is 0 Å². The summed E-state index contributed by atoms with van der Waals surface area (Å²) in [5.74, 6) is -1.74. The van der Waals surface area contributed by atoms with E-state index in [2.05, 4.69) is 0 Å². The number of aromatic nitrogens is 1. The molecule has 30 heavy (non-hydrogen) atoms. The minimum atomic E-state index is -1.30. The van der Waals surface area contributed by atoms with Crippen LogP contribution in [0.2, 0.25) is 0 Å². The van der Waals surface area contributed by atoms with Crippen LogP contribution < -0.4 is 10.3 Å². The lowest BCUT2D eigenvalue weighted by Gasteiger charge is -2.41. The van der Waals surface area contributed by atoms with Crippen LogP contribution >= 0.6 is 0 Å². The number of halogens is 1. The minimum absolute atomic E-state index is 0.0482. The number of nitrogens with zero attached hydrogens (tertiary/aromatic N) is 3. The summed E-state index contributed by atoms with van der Waals surface area (Å²) in [7, 11) is 0. The number of amides is 1. The van der Waals surface area contributed by atoms with Crippen LogP contribution in [0.25, 0.3) is 10.9 Å². The number of benzene rings is 1. The standard InChI is InChI=1S/C22H26FN3O4/c1-3-4-20(27)25-8-7-24(11-13(25)2)19-10-18-15(9-17(19)23)21(28)16(22(29)30)12-26(18)14-5-6-14/h9-10,12-14H,3-8,11H2,1-2H3,(H,29,30). The van der Waals surface area contributed by atoms with Gasteiger partial charge in [0.25, 0.3) is 0 Å². The van der Waals surface area contributed by atoms with Crippen LogP contribution in [-0.2, 0) is 4.79 Å². The first-order valence-electron chi connectivity index (χ1n) is 10.5. The summed E-state index contributed by atoms with van der Waals surface area (Å²) in [5, 5.41) is 9.46. The second kappa shape index (κ2) is 7.74. The van der Waals surface area contributed by atoms with Gasteiger partial charge in [-0.25, -0.2) is 9.18 Å². The smallest absolute Gasteiger partial charge is 0.341 e. The number of pyridine rings is 1. The number of carbonyl (C=O) groups excluding carboxylic acids is 1. The Hall–Kier alpha value is -2.90. The third-order valence-corrected chi connectivity index (χ3v) is 6.02. The molecule has 7 nitrogen and oxygen atoms in total. The van der Waals surface area contributed by atoms with Gasteiger partial charge in [-0.2, -0.15) is 0 Å². The molecule has 1 aliphatic carbocycles. The molecular weight excluding hydrogens is 389 g/mol. The Kier molecular flexibility index (Phi) is 5.26. The maximum Gasteiger partial charge on any atom is 0.341 e. The lowest BCUT2D eigenvalue weighted by Crippen LogP contribution is -2.54. The number of hydrogen-bond donors (Lipinski definition) is 1. The first kappa shape index (κ1) is 20.4. The molecule has 160 valence electrons. The molecule has 1 amide bonds. The lowest BCUT2D eigenvalue weighted by atomic mass is 10.1. The zero-order chi connectivity index (χ0) is 21.6. The van der Waals surface area contributed by atoms with Gasteiger partial charge >= 0.3 is 5.97 Å². The maximum atomic E-state index is 15.1. The highest BCUT2D eigenvalue weighted by Gasteiger charge is 2.30. The van der Waals surface area contributed by atoms with E-state index in [-0.39, 0.29) is 28.9 Å². The largest absolute Gasteiger partial charge is 0.477 e. The molecule has 0 bridgehead atoms. The van der Waals surface area contributed by atoms with Gasteiger partial charge < -0.3 is 19.5 Å². The van der Waals surface area contributed by atoms with Crippen LogP contribution in [0, 0.1) is 5.82 Å². The van der Waals surface area contributed by atoms with E-state index in [9.17, 15) is 19.5 Å². The molecule has 1 aromatic carbocycles. The Morgan fingerprint density at radius 3 is 2.57 bits per heavy atom. The fourth-order valence-electron chi connectivity index (χ4n) is 4.31. The van der Waals surface area contributed by atoms with Gasteiger partial charge in [0.15, 0.2) is 0 Å². The summed E-state index contributed by atoms with van der Waals surface area (Å²) in [5.41, 5.74) is -0.0590. The number of carboxylic acid groups (broad SMARTS) is 1. The average molecular weight is 415 g/mol. The average Bonchev–Trinajstić information content (AvgIpc) is 3.53. The van der Waals surface area contributed by atoms with E-state index in [4.69, 9.17) is 0 Å². The Morgan fingerprint density at radius 2 is 1.97 bits per heavy atom. The number of aromatic carboxylic acids is 1. The summed E-state index contributed by atoms with van der Waals surface area (Å²) in [6, 6.07) is 2.91. The molecule has 0 spiro atoms. The first-order chi connectivity index (χ1) is 14.3. The quantitative estimate of drug-likeness (QED) is 0.812. The number of anilines is 1. The van der Waals surface area contributed by atoms with Gasteiger partial charge in [0.1, 0.15) is 11.4 Å². The molecule has 2 heterocycles. The van der Waals surface area contributed by atoms with E-state index < -0.39 is 17.2 Å². The van der Waals surface area contributed by atoms with Crippen LogP contribution in [0.5, 0.6) is 0 Å². The molecule has 1 atom stereocenters. The van der Waals surface area contributed by atoms with Crippen molar-refractivity contribution in [2.24, 2.45) is 0 Å². The van der Waals surface area contributed by atoms with Crippen molar-refractivity contribution in [1.82, 2.24) is 9.47 Å². The SMILES string of the molecule is CCCC(=O)N1CCN(c2cc3c(cc2F)c(=O)c(C(=O)O)cn3C2CC2)CC1C. The highest BCUT2D eigenvalue weighted by atomic mass is 19.1. The molecule has 1 N–H and O–H groups in total. The summed E-state index contributed by atoms with van der Waals surface area (Å²) >= 11 is 0. The number of carbonyl (C=O) groups is 2. The van der Waals surface area contributed by atoms with Gasteiger partial charge in [-0.05, 0) is 38.3 Å². The summed E-state index contributed by atoms with van der Waals surface area (Å²) < 4.78 is 16.9. The second-order valence-electron chi connectivity index (χ2n) is 8.27. The zero-order valence-electron chi connectivity index (χ0n) is 17.2. The third-order valence-electron chi connectivity index (χ3n) is 6.02. The summed E-state index contributed by atoms with van der Waals surface area (Å²) in [4.78, 5) is 40.1. The zero-order valence-corrected chi connectivity index (χ0v) is 17.2. The molecular formula is C22H26FN3O4. The number of piperazine rings is 1. The van der Waals surface area contributed by atoms with Crippen molar-refractivity contribution in [3.8, 4) is 0 Å². The topological polar surface area (TPSA) is 82.8 Å². The third kappa shape index (κ3) is 3.55. The fourth-order valence-corrected chi connectivity index (χ4v) is 4.31. The second-order valence-corrected chi connectivity index (χ2v) is 8.27. The highest BCUT2D eigenvalue weighted by molar-refractivity contribution is 5.93. The molecule has 1 unspecified atom stereocenters. The van der Waals surface area contributed by atoms with Crippen molar-refractivity contribution in [2.45, 2.75) is 51.6 Å². The Bertz CT molecular complexity index is 1080. The van der Waals surface area contributed by atoms with Crippen molar-refractivity contribution in [3.05, 3.63) is 39.9 Å². The summed E-state index contributed by atoms with van der Waals surface area (Å²) in [6.07, 6.45) is 4.49. The van der Waals surface area contributed by atoms with E-state index in [1.165, 1.54) is 6.20 Å². The molecule has 2 fully saturated rings. The van der Waals surface area contributed by atoms with Crippen molar-refractivity contribution in [2.75, 3.05) is 24.5 Å². The first-order valence-corrected chi connectivity index (χ1v) is 10.5. The fraction of sp³-hybridized carbons (Fsp3) is 0.500. The van der Waals surface area contributed by atoms with Crippen LogP contribution in [-0.4, -0.2) is 52.1 Å². The Balaban J connectivity index is 1.73. The minimum Gasteiger partial charge on any atom is -0.477 e. The number of rotatable bonds is 5. The molecule has 1 aliphatic heterocycles. The monoisotopic (exact) mass is 415 g/mol. The maximum absolute atomic E-state index is 15.1. The Labute approximate surface area is 173 Å². The predicted octanol–water partition coefficient (Wildman–Crippen LogP) is 3.01. The van der Waals surface area contributed by atoms with Crippen LogP contribution in [0.1, 0.15) is 55.9 Å². The molecule has 2 aromatic rings. The molecule has 8 heteroatoms.